The Morgan fingerprint density at radius 3 is 2.44 bits per heavy atom. The molecule has 1 heteroatoms. The molecule has 0 unspecified atom stereocenters. The van der Waals surface area contributed by atoms with E-state index in [2.05, 4.69) is 48.3 Å². The average Bonchev–Trinajstić information content (AvgIpc) is 1.80. The molecule has 52 valence electrons. The predicted molar refractivity (Wildman–Crippen MR) is 50.7 cm³/mol. The molecule has 0 radical (unpaired) electrons. The minimum absolute atomic E-state index is 0.800. The lowest BCUT2D eigenvalue weighted by molar-refractivity contribution is 0.600. The van der Waals surface area contributed by atoms with Gasteiger partial charge in [0.2, 0.25) is 0 Å². The lowest BCUT2D eigenvalue weighted by Gasteiger charge is -1.96. The topological polar surface area (TPSA) is 0 Å². The molecule has 0 fully saturated rings. The first-order valence-corrected chi connectivity index (χ1v) is 4.81. The Hall–Kier alpha value is 0.290. The van der Waals surface area contributed by atoms with Crippen molar-refractivity contribution in [3.05, 3.63) is 0 Å². The Labute approximate surface area is 71.6 Å². The van der Waals surface area contributed by atoms with Gasteiger partial charge in [-0.05, 0) is 12.3 Å². The predicted octanol–water partition coefficient (Wildman–Crippen LogP) is 2.86. The van der Waals surface area contributed by atoms with Crippen molar-refractivity contribution in [1.82, 2.24) is 0 Å². The first-order valence-electron chi connectivity index (χ1n) is 3.29. The van der Waals surface area contributed by atoms with E-state index in [1.54, 1.807) is 0 Å². The summed E-state index contributed by atoms with van der Waals surface area (Å²) in [7, 11) is 0. The molecule has 0 rings (SSSR count). The molecule has 0 spiro atoms. The van der Waals surface area contributed by atoms with Gasteiger partial charge in [-0.3, -0.25) is 0 Å². The number of hydrogen-bond donors (Lipinski definition) is 0. The summed E-state index contributed by atoms with van der Waals surface area (Å²) >= 11 is 2.27. The molecule has 0 nitrogen and oxygen atoms in total. The first kappa shape index (κ1) is 9.29. The summed E-state index contributed by atoms with van der Waals surface area (Å²) in [5.74, 6) is 6.95. The standard InChI is InChI=1S/C8H13I/c1-8(2)6-4-3-5-7-9/h8H,4,6-7H2,1-2H3. The van der Waals surface area contributed by atoms with Gasteiger partial charge in [0.15, 0.2) is 0 Å². The van der Waals surface area contributed by atoms with Gasteiger partial charge >= 0.3 is 0 Å². The van der Waals surface area contributed by atoms with Crippen molar-refractivity contribution in [2.75, 3.05) is 4.43 Å². The van der Waals surface area contributed by atoms with E-state index >= 15 is 0 Å². The van der Waals surface area contributed by atoms with E-state index < -0.39 is 0 Å². The third-order valence-corrected chi connectivity index (χ3v) is 1.42. The molecule has 0 amide bonds. The highest BCUT2D eigenvalue weighted by molar-refractivity contribution is 14.1. The van der Waals surface area contributed by atoms with Crippen molar-refractivity contribution in [2.24, 2.45) is 5.92 Å². The minimum Gasteiger partial charge on any atom is -0.102 e. The molecular formula is C8H13I. The van der Waals surface area contributed by atoms with Crippen LogP contribution in [-0.2, 0) is 0 Å². The van der Waals surface area contributed by atoms with Gasteiger partial charge in [0.25, 0.3) is 0 Å². The van der Waals surface area contributed by atoms with E-state index in [0.717, 1.165) is 16.8 Å². The third kappa shape index (κ3) is 8.29. The van der Waals surface area contributed by atoms with Gasteiger partial charge in [-0.25, -0.2) is 0 Å². The van der Waals surface area contributed by atoms with Crippen LogP contribution in [0, 0.1) is 17.8 Å². The van der Waals surface area contributed by atoms with Gasteiger partial charge in [0, 0.05) is 6.42 Å². The van der Waals surface area contributed by atoms with Crippen molar-refractivity contribution in [3.63, 3.8) is 0 Å². The van der Waals surface area contributed by atoms with Gasteiger partial charge in [0.05, 0.1) is 4.43 Å². The molecule has 0 aliphatic carbocycles. The lowest BCUT2D eigenvalue weighted by Crippen LogP contribution is -1.83. The summed E-state index contributed by atoms with van der Waals surface area (Å²) in [4.78, 5) is 0. The highest BCUT2D eigenvalue weighted by atomic mass is 127. The molecule has 0 aromatic heterocycles. The molecule has 0 N–H and O–H groups in total. The summed E-state index contributed by atoms with van der Waals surface area (Å²) in [6.07, 6.45) is 2.31. The van der Waals surface area contributed by atoms with E-state index in [-0.39, 0.29) is 0 Å². The van der Waals surface area contributed by atoms with Gasteiger partial charge in [-0.1, -0.05) is 42.4 Å². The fourth-order valence-electron chi connectivity index (χ4n) is 0.496. The summed E-state index contributed by atoms with van der Waals surface area (Å²) in [5, 5.41) is 0. The molecule has 0 aliphatic heterocycles. The molecule has 0 aliphatic rings. The fraction of sp³-hybridized carbons (Fsp3) is 0.750. The van der Waals surface area contributed by atoms with Crippen LogP contribution in [0.4, 0.5) is 0 Å². The quantitative estimate of drug-likeness (QED) is 0.393. The number of hydrogen-bond acceptors (Lipinski definition) is 0. The van der Waals surface area contributed by atoms with Crippen LogP contribution in [-0.4, -0.2) is 4.43 Å². The van der Waals surface area contributed by atoms with Crippen LogP contribution in [0.15, 0.2) is 0 Å². The number of rotatable bonds is 2. The molecule has 9 heavy (non-hydrogen) atoms. The summed E-state index contributed by atoms with van der Waals surface area (Å²) in [6.45, 7) is 4.46. The highest BCUT2D eigenvalue weighted by Crippen LogP contribution is 2.01. The fourth-order valence-corrected chi connectivity index (χ4v) is 0.766. The van der Waals surface area contributed by atoms with Crippen LogP contribution in [0.3, 0.4) is 0 Å². The van der Waals surface area contributed by atoms with E-state index in [0.29, 0.717) is 0 Å². The summed E-state index contributed by atoms with van der Waals surface area (Å²) < 4.78 is 0.968. The number of alkyl halides is 1. The summed E-state index contributed by atoms with van der Waals surface area (Å²) in [5.41, 5.74) is 0. The Morgan fingerprint density at radius 2 is 2.00 bits per heavy atom. The second-order valence-electron chi connectivity index (χ2n) is 2.42. The first-order chi connectivity index (χ1) is 4.27. The van der Waals surface area contributed by atoms with Crippen molar-refractivity contribution in [2.45, 2.75) is 26.7 Å². The summed E-state index contributed by atoms with van der Waals surface area (Å²) in [6, 6.07) is 0. The monoisotopic (exact) mass is 236 g/mol. The Bertz CT molecular complexity index is 105. The van der Waals surface area contributed by atoms with Gasteiger partial charge in [0.1, 0.15) is 0 Å². The molecular weight excluding hydrogens is 223 g/mol. The zero-order valence-electron chi connectivity index (χ0n) is 6.08. The zero-order chi connectivity index (χ0) is 7.11. The smallest absolute Gasteiger partial charge is 0.0609 e. The SMILES string of the molecule is CC(C)CCC#CCI. The molecule has 0 bridgehead atoms. The molecule has 0 atom stereocenters. The third-order valence-electron chi connectivity index (χ3n) is 1.04. The van der Waals surface area contributed by atoms with Crippen LogP contribution in [0.1, 0.15) is 26.7 Å². The van der Waals surface area contributed by atoms with Crippen molar-refractivity contribution in [1.29, 1.82) is 0 Å². The van der Waals surface area contributed by atoms with Crippen LogP contribution in [0.2, 0.25) is 0 Å². The highest BCUT2D eigenvalue weighted by Gasteiger charge is 1.88. The minimum atomic E-state index is 0.800. The van der Waals surface area contributed by atoms with Gasteiger partial charge in [-0.2, -0.15) is 0 Å². The molecule has 0 aromatic carbocycles. The normalized spacial score (nSPS) is 8.89. The maximum absolute atomic E-state index is 3.11. The van der Waals surface area contributed by atoms with E-state index in [1.807, 2.05) is 0 Å². The van der Waals surface area contributed by atoms with Crippen molar-refractivity contribution in [3.8, 4) is 11.8 Å². The second kappa shape index (κ2) is 6.41. The van der Waals surface area contributed by atoms with E-state index in [1.165, 1.54) is 6.42 Å². The Morgan fingerprint density at radius 1 is 1.33 bits per heavy atom. The largest absolute Gasteiger partial charge is 0.102 e. The maximum Gasteiger partial charge on any atom is 0.0609 e. The lowest BCUT2D eigenvalue weighted by atomic mass is 10.1. The number of halogens is 1. The van der Waals surface area contributed by atoms with Crippen LogP contribution in [0.5, 0.6) is 0 Å². The second-order valence-corrected chi connectivity index (χ2v) is 3.18. The van der Waals surface area contributed by atoms with Crippen LogP contribution >= 0.6 is 22.6 Å². The Kier molecular flexibility index (Phi) is 6.62. The molecule has 0 saturated heterocycles. The van der Waals surface area contributed by atoms with Crippen LogP contribution < -0.4 is 0 Å². The zero-order valence-corrected chi connectivity index (χ0v) is 8.23. The van der Waals surface area contributed by atoms with Crippen molar-refractivity contribution < 1.29 is 0 Å². The van der Waals surface area contributed by atoms with E-state index in [9.17, 15) is 0 Å². The maximum atomic E-state index is 3.11. The average molecular weight is 236 g/mol. The van der Waals surface area contributed by atoms with E-state index in [4.69, 9.17) is 0 Å². The molecule has 0 heterocycles. The van der Waals surface area contributed by atoms with Gasteiger partial charge in [-0.15, -0.1) is 5.92 Å². The van der Waals surface area contributed by atoms with Crippen LogP contribution in [0.25, 0.3) is 0 Å². The molecule has 0 aromatic rings. The van der Waals surface area contributed by atoms with Crippen molar-refractivity contribution >= 4 is 22.6 Å². The molecule has 0 saturated carbocycles. The van der Waals surface area contributed by atoms with Gasteiger partial charge < -0.3 is 0 Å². The Balaban J connectivity index is 3.09.